The molecule has 2 bridgehead atoms. The van der Waals surface area contributed by atoms with E-state index in [1.54, 1.807) is 0 Å². The largest absolute Gasteiger partial charge is 0.295 e. The Balaban J connectivity index is 1.99. The molecule has 1 nitrogen and oxygen atoms in total. The van der Waals surface area contributed by atoms with E-state index < -0.39 is 8.07 Å². The highest BCUT2D eigenvalue weighted by Gasteiger charge is 2.52. The average molecular weight is 218 g/mol. The number of allylic oxidation sites excluding steroid dienone is 4. The molecule has 0 unspecified atom stereocenters. The Labute approximate surface area is 92.3 Å². The van der Waals surface area contributed by atoms with Crippen molar-refractivity contribution < 1.29 is 4.79 Å². The number of hydrogen-bond donors (Lipinski definition) is 0. The monoisotopic (exact) mass is 218 g/mol. The van der Waals surface area contributed by atoms with Crippen LogP contribution in [0.5, 0.6) is 0 Å². The SMILES string of the molecule is C[Si](C)(C)C1=C[C@@H]2[C@H](C1=O)[C@@H]1C=C[C@H]2C1. The van der Waals surface area contributed by atoms with Gasteiger partial charge in [0.2, 0.25) is 0 Å². The van der Waals surface area contributed by atoms with Gasteiger partial charge in [0.25, 0.3) is 0 Å². The van der Waals surface area contributed by atoms with Crippen LogP contribution in [0.4, 0.5) is 0 Å². The van der Waals surface area contributed by atoms with Gasteiger partial charge in [-0.1, -0.05) is 37.9 Å². The molecule has 3 rings (SSSR count). The third-order valence-corrected chi connectivity index (χ3v) is 6.28. The zero-order valence-electron chi connectivity index (χ0n) is 9.66. The average Bonchev–Trinajstić information content (AvgIpc) is 2.73. The second-order valence-electron chi connectivity index (χ2n) is 6.25. The molecule has 0 N–H and O–H groups in total. The minimum atomic E-state index is -1.40. The summed E-state index contributed by atoms with van der Waals surface area (Å²) in [5.41, 5.74) is 0. The van der Waals surface area contributed by atoms with Gasteiger partial charge in [-0.05, 0) is 29.4 Å². The van der Waals surface area contributed by atoms with Gasteiger partial charge in [0, 0.05) is 5.92 Å². The van der Waals surface area contributed by atoms with Crippen LogP contribution in [0.25, 0.3) is 0 Å². The molecule has 0 spiro atoms. The smallest absolute Gasteiger partial charge is 0.158 e. The summed E-state index contributed by atoms with van der Waals surface area (Å²) < 4.78 is 0. The summed E-state index contributed by atoms with van der Waals surface area (Å²) in [5, 5.41) is 1.22. The van der Waals surface area contributed by atoms with E-state index in [4.69, 9.17) is 0 Å². The van der Waals surface area contributed by atoms with E-state index in [-0.39, 0.29) is 0 Å². The highest BCUT2D eigenvalue weighted by molar-refractivity contribution is 6.87. The third kappa shape index (κ3) is 1.17. The summed E-state index contributed by atoms with van der Waals surface area (Å²) in [6.45, 7) is 6.85. The van der Waals surface area contributed by atoms with Crippen LogP contribution in [0.15, 0.2) is 23.4 Å². The van der Waals surface area contributed by atoms with Crippen molar-refractivity contribution in [2.75, 3.05) is 0 Å². The Morgan fingerprint density at radius 3 is 2.47 bits per heavy atom. The molecule has 0 amide bonds. The maximum atomic E-state index is 12.4. The number of carbonyl (C=O) groups is 1. The summed E-state index contributed by atoms with van der Waals surface area (Å²) in [7, 11) is -1.40. The molecule has 0 aliphatic heterocycles. The molecule has 0 aromatic carbocycles. The van der Waals surface area contributed by atoms with Crippen molar-refractivity contribution in [1.82, 2.24) is 0 Å². The quantitative estimate of drug-likeness (QED) is 0.488. The summed E-state index contributed by atoms with van der Waals surface area (Å²) in [6, 6.07) is 0. The van der Waals surface area contributed by atoms with Crippen LogP contribution in [0.2, 0.25) is 19.6 Å². The Hall–Kier alpha value is -0.633. The molecular weight excluding hydrogens is 200 g/mol. The van der Waals surface area contributed by atoms with Gasteiger partial charge in [0.05, 0.1) is 8.07 Å². The maximum absolute atomic E-state index is 12.4. The number of ketones is 1. The Kier molecular flexibility index (Phi) is 1.74. The van der Waals surface area contributed by atoms with Crippen LogP contribution in [0.1, 0.15) is 6.42 Å². The van der Waals surface area contributed by atoms with Crippen LogP contribution >= 0.6 is 0 Å². The molecule has 15 heavy (non-hydrogen) atoms. The summed E-state index contributed by atoms with van der Waals surface area (Å²) in [5.74, 6) is 2.64. The topological polar surface area (TPSA) is 17.1 Å². The molecule has 2 heteroatoms. The number of fused-ring (bicyclic) bond motifs is 5. The van der Waals surface area contributed by atoms with E-state index in [9.17, 15) is 4.79 Å². The fourth-order valence-corrected chi connectivity index (χ4v) is 5.13. The van der Waals surface area contributed by atoms with E-state index >= 15 is 0 Å². The summed E-state index contributed by atoms with van der Waals surface area (Å²) in [4.78, 5) is 12.4. The first-order chi connectivity index (χ1) is 6.98. The van der Waals surface area contributed by atoms with Gasteiger partial charge in [0.15, 0.2) is 5.78 Å². The van der Waals surface area contributed by atoms with Gasteiger partial charge < -0.3 is 0 Å². The second kappa shape index (κ2) is 2.73. The summed E-state index contributed by atoms with van der Waals surface area (Å²) in [6.07, 6.45) is 8.19. The fraction of sp³-hybridized carbons (Fsp3) is 0.615. The molecule has 0 heterocycles. The first kappa shape index (κ1) is 9.58. The first-order valence-corrected chi connectivity index (χ1v) is 9.43. The minimum absolute atomic E-state index is 0.335. The highest BCUT2D eigenvalue weighted by Crippen LogP contribution is 2.53. The van der Waals surface area contributed by atoms with Gasteiger partial charge in [-0.2, -0.15) is 0 Å². The lowest BCUT2D eigenvalue weighted by Gasteiger charge is -2.20. The molecule has 0 saturated heterocycles. The van der Waals surface area contributed by atoms with Crippen LogP contribution in [0.3, 0.4) is 0 Å². The van der Waals surface area contributed by atoms with Crippen molar-refractivity contribution in [2.45, 2.75) is 26.1 Å². The van der Waals surface area contributed by atoms with Crippen molar-refractivity contribution >= 4 is 13.9 Å². The summed E-state index contributed by atoms with van der Waals surface area (Å²) >= 11 is 0. The Morgan fingerprint density at radius 1 is 1.20 bits per heavy atom. The lowest BCUT2D eigenvalue weighted by molar-refractivity contribution is -0.119. The number of Topliss-reactive ketones (excluding diaryl/α,β-unsaturated/α-hetero) is 1. The molecule has 3 aliphatic carbocycles. The molecular formula is C13H18OSi. The Bertz CT molecular complexity index is 386. The van der Waals surface area contributed by atoms with Crippen molar-refractivity contribution in [3.8, 4) is 0 Å². The third-order valence-electron chi connectivity index (χ3n) is 4.26. The lowest BCUT2D eigenvalue weighted by atomic mass is 9.85. The normalized spacial score (nSPS) is 42.3. The molecule has 0 radical (unpaired) electrons. The number of rotatable bonds is 1. The van der Waals surface area contributed by atoms with Gasteiger partial charge in [-0.15, -0.1) is 0 Å². The first-order valence-electron chi connectivity index (χ1n) is 5.93. The van der Waals surface area contributed by atoms with Gasteiger partial charge >= 0.3 is 0 Å². The van der Waals surface area contributed by atoms with Crippen molar-refractivity contribution in [2.24, 2.45) is 23.7 Å². The standard InChI is InChI=1S/C13H18OSi/c1-15(2,3)11-7-10-8-4-5-9(6-8)12(10)13(11)14/h4-5,7-10,12H,6H2,1-3H3/t8-,9+,10-,12+/m0/s1. The second-order valence-corrected chi connectivity index (χ2v) is 11.3. The van der Waals surface area contributed by atoms with E-state index in [0.29, 0.717) is 29.5 Å². The van der Waals surface area contributed by atoms with E-state index in [1.165, 1.54) is 11.6 Å². The van der Waals surface area contributed by atoms with Crippen molar-refractivity contribution in [3.63, 3.8) is 0 Å². The lowest BCUT2D eigenvalue weighted by Crippen LogP contribution is -2.31. The molecule has 0 aromatic rings. The molecule has 1 saturated carbocycles. The van der Waals surface area contributed by atoms with Crippen LogP contribution in [-0.2, 0) is 4.79 Å². The maximum Gasteiger partial charge on any atom is 0.158 e. The van der Waals surface area contributed by atoms with Crippen LogP contribution in [-0.4, -0.2) is 13.9 Å². The molecule has 80 valence electrons. The van der Waals surface area contributed by atoms with Crippen LogP contribution in [0, 0.1) is 23.7 Å². The predicted octanol–water partition coefficient (Wildman–Crippen LogP) is 2.81. The molecule has 1 fully saturated rings. The fourth-order valence-electron chi connectivity index (χ4n) is 3.53. The zero-order chi connectivity index (χ0) is 10.8. The van der Waals surface area contributed by atoms with E-state index in [0.717, 1.165) is 0 Å². The molecule has 4 atom stereocenters. The minimum Gasteiger partial charge on any atom is -0.295 e. The van der Waals surface area contributed by atoms with Gasteiger partial charge in [-0.25, -0.2) is 0 Å². The van der Waals surface area contributed by atoms with E-state index in [1.807, 2.05) is 0 Å². The molecule has 0 aromatic heterocycles. The van der Waals surface area contributed by atoms with Crippen molar-refractivity contribution in [3.05, 3.63) is 23.4 Å². The number of hydrogen-bond acceptors (Lipinski definition) is 1. The van der Waals surface area contributed by atoms with Gasteiger partial charge in [-0.3, -0.25) is 4.79 Å². The van der Waals surface area contributed by atoms with Crippen LogP contribution < -0.4 is 0 Å². The Morgan fingerprint density at radius 2 is 1.87 bits per heavy atom. The highest BCUT2D eigenvalue weighted by atomic mass is 28.3. The zero-order valence-corrected chi connectivity index (χ0v) is 10.7. The van der Waals surface area contributed by atoms with Crippen molar-refractivity contribution in [1.29, 1.82) is 0 Å². The number of carbonyl (C=O) groups excluding carboxylic acids is 1. The van der Waals surface area contributed by atoms with E-state index in [2.05, 4.69) is 37.9 Å². The predicted molar refractivity (Wildman–Crippen MR) is 64.2 cm³/mol. The molecule has 3 aliphatic rings. The van der Waals surface area contributed by atoms with Gasteiger partial charge in [0.1, 0.15) is 0 Å².